The first-order valence-electron chi connectivity index (χ1n) is 6.79. The summed E-state index contributed by atoms with van der Waals surface area (Å²) in [5.41, 5.74) is 0.453. The molecule has 2 saturated carbocycles. The molecule has 6 atom stereocenters. The first-order chi connectivity index (χ1) is 8.81. The van der Waals surface area contributed by atoms with Crippen LogP contribution < -0.4 is 0 Å². The Morgan fingerprint density at radius 1 is 1.42 bits per heavy atom. The number of aliphatic hydroxyl groups is 2. The Morgan fingerprint density at radius 2 is 2.11 bits per heavy atom. The number of aliphatic hydroxyl groups excluding tert-OH is 1. The Balaban J connectivity index is 1.97. The van der Waals surface area contributed by atoms with Crippen molar-refractivity contribution in [3.8, 4) is 0 Å². The quantitative estimate of drug-likeness (QED) is 0.392. The second-order valence-electron chi connectivity index (χ2n) is 6.43. The molecule has 0 amide bonds. The predicted molar refractivity (Wildman–Crippen MR) is 69.1 cm³/mol. The van der Waals surface area contributed by atoms with Gasteiger partial charge in [0.05, 0.1) is 11.7 Å². The molecule has 4 heteroatoms. The Kier molecular flexibility index (Phi) is 2.67. The lowest BCUT2D eigenvalue weighted by Gasteiger charge is -2.29. The maximum absolute atomic E-state index is 11.6. The van der Waals surface area contributed by atoms with E-state index in [1.165, 1.54) is 0 Å². The van der Waals surface area contributed by atoms with E-state index in [4.69, 9.17) is 4.74 Å². The standard InChI is InChI=1S/C15H20O4/c1-7-4-12-9(8(2)14(17)19-12)5-10-13(7)11(16)6-15(10,3)18/h9-13,16,18H,1-2,4-6H2,3H3/t9-,10-,11+,12+,13-,15-/m1/s1. The van der Waals surface area contributed by atoms with Crippen LogP contribution in [0.5, 0.6) is 0 Å². The lowest BCUT2D eigenvalue weighted by molar-refractivity contribution is -0.139. The Bertz CT molecular complexity index is 465. The van der Waals surface area contributed by atoms with Gasteiger partial charge >= 0.3 is 5.97 Å². The molecule has 1 saturated heterocycles. The van der Waals surface area contributed by atoms with Crippen molar-refractivity contribution in [3.05, 3.63) is 24.3 Å². The number of hydrogen-bond acceptors (Lipinski definition) is 4. The highest BCUT2D eigenvalue weighted by atomic mass is 16.6. The molecule has 0 bridgehead atoms. The van der Waals surface area contributed by atoms with E-state index < -0.39 is 11.7 Å². The van der Waals surface area contributed by atoms with Gasteiger partial charge < -0.3 is 14.9 Å². The van der Waals surface area contributed by atoms with Gasteiger partial charge in [0.15, 0.2) is 0 Å². The molecule has 0 aromatic carbocycles. The van der Waals surface area contributed by atoms with E-state index in [0.717, 1.165) is 5.57 Å². The summed E-state index contributed by atoms with van der Waals surface area (Å²) in [6.07, 6.45) is 0.767. The SMILES string of the molecule is C=C1C[C@@H]2OC(=O)C(=C)[C@H]2C[C@@H]2[C@@H]1[C@@H](O)C[C@@]2(C)O. The smallest absolute Gasteiger partial charge is 0.334 e. The van der Waals surface area contributed by atoms with Crippen molar-refractivity contribution in [3.63, 3.8) is 0 Å². The van der Waals surface area contributed by atoms with Crippen molar-refractivity contribution in [1.29, 1.82) is 0 Å². The monoisotopic (exact) mass is 264 g/mol. The molecule has 0 unspecified atom stereocenters. The van der Waals surface area contributed by atoms with Gasteiger partial charge in [-0.1, -0.05) is 18.7 Å². The van der Waals surface area contributed by atoms with Crippen molar-refractivity contribution in [2.24, 2.45) is 17.8 Å². The average molecular weight is 264 g/mol. The molecule has 0 radical (unpaired) electrons. The van der Waals surface area contributed by atoms with Crippen LogP contribution in [0.4, 0.5) is 0 Å². The minimum atomic E-state index is -0.923. The molecule has 2 N–H and O–H groups in total. The van der Waals surface area contributed by atoms with Crippen molar-refractivity contribution in [2.75, 3.05) is 0 Å². The van der Waals surface area contributed by atoms with Crippen LogP contribution in [-0.4, -0.2) is 34.0 Å². The zero-order chi connectivity index (χ0) is 13.9. The van der Waals surface area contributed by atoms with Crippen molar-refractivity contribution in [2.45, 2.75) is 44.0 Å². The fraction of sp³-hybridized carbons (Fsp3) is 0.667. The van der Waals surface area contributed by atoms with E-state index in [1.54, 1.807) is 6.92 Å². The Morgan fingerprint density at radius 3 is 2.79 bits per heavy atom. The van der Waals surface area contributed by atoms with Gasteiger partial charge in [-0.3, -0.25) is 0 Å². The number of carbonyl (C=O) groups excluding carboxylic acids is 1. The van der Waals surface area contributed by atoms with Crippen LogP contribution in [-0.2, 0) is 9.53 Å². The first kappa shape index (κ1) is 12.9. The van der Waals surface area contributed by atoms with Crippen molar-refractivity contribution < 1.29 is 19.7 Å². The summed E-state index contributed by atoms with van der Waals surface area (Å²) < 4.78 is 5.33. The molecule has 3 fully saturated rings. The van der Waals surface area contributed by atoms with E-state index in [1.807, 2.05) is 0 Å². The van der Waals surface area contributed by atoms with Crippen LogP contribution in [0.25, 0.3) is 0 Å². The lowest BCUT2D eigenvalue weighted by Crippen LogP contribution is -2.33. The molecule has 104 valence electrons. The summed E-state index contributed by atoms with van der Waals surface area (Å²) in [5.74, 6) is -0.584. The minimum Gasteiger partial charge on any atom is -0.458 e. The van der Waals surface area contributed by atoms with Gasteiger partial charge in [0.1, 0.15) is 6.10 Å². The summed E-state index contributed by atoms with van der Waals surface area (Å²) in [7, 11) is 0. The predicted octanol–water partition coefficient (Wildman–Crippen LogP) is 1.18. The van der Waals surface area contributed by atoms with Gasteiger partial charge in [0.2, 0.25) is 0 Å². The minimum absolute atomic E-state index is 0.0592. The van der Waals surface area contributed by atoms with Crippen LogP contribution in [0.1, 0.15) is 26.2 Å². The highest BCUT2D eigenvalue weighted by Gasteiger charge is 2.55. The molecule has 1 heterocycles. The number of esters is 1. The summed E-state index contributed by atoms with van der Waals surface area (Å²) in [6, 6.07) is 0. The Labute approximate surface area is 112 Å². The zero-order valence-electron chi connectivity index (χ0n) is 11.1. The maximum Gasteiger partial charge on any atom is 0.334 e. The third-order valence-electron chi connectivity index (χ3n) is 5.13. The molecule has 0 spiro atoms. The number of fused-ring (bicyclic) bond motifs is 2. The van der Waals surface area contributed by atoms with E-state index >= 15 is 0 Å². The average Bonchev–Trinajstić information content (AvgIpc) is 2.61. The largest absolute Gasteiger partial charge is 0.458 e. The van der Waals surface area contributed by atoms with Crippen LogP contribution in [0.2, 0.25) is 0 Å². The van der Waals surface area contributed by atoms with E-state index in [-0.39, 0.29) is 29.8 Å². The summed E-state index contributed by atoms with van der Waals surface area (Å²) in [6.45, 7) is 9.63. The molecule has 4 nitrogen and oxygen atoms in total. The molecule has 1 aliphatic heterocycles. The number of carbonyl (C=O) groups is 1. The van der Waals surface area contributed by atoms with Crippen LogP contribution in [0.15, 0.2) is 24.3 Å². The maximum atomic E-state index is 11.6. The molecule has 2 aliphatic carbocycles. The first-order valence-corrected chi connectivity index (χ1v) is 6.79. The van der Waals surface area contributed by atoms with Gasteiger partial charge in [-0.25, -0.2) is 4.79 Å². The summed E-state index contributed by atoms with van der Waals surface area (Å²) in [4.78, 5) is 11.6. The van der Waals surface area contributed by atoms with E-state index in [9.17, 15) is 15.0 Å². The highest BCUT2D eigenvalue weighted by Crippen LogP contribution is 2.52. The van der Waals surface area contributed by atoms with Crippen LogP contribution in [0.3, 0.4) is 0 Å². The fourth-order valence-electron chi connectivity index (χ4n) is 4.13. The molecular formula is C15H20O4. The molecule has 0 aromatic rings. The van der Waals surface area contributed by atoms with E-state index in [2.05, 4.69) is 13.2 Å². The van der Waals surface area contributed by atoms with Crippen LogP contribution >= 0.6 is 0 Å². The third-order valence-corrected chi connectivity index (χ3v) is 5.13. The molecule has 3 aliphatic rings. The van der Waals surface area contributed by atoms with Gasteiger partial charge in [0.25, 0.3) is 0 Å². The second kappa shape index (κ2) is 3.93. The van der Waals surface area contributed by atoms with Gasteiger partial charge in [-0.15, -0.1) is 0 Å². The normalized spacial score (nSPS) is 49.6. The Hall–Kier alpha value is -1.13. The molecule has 19 heavy (non-hydrogen) atoms. The van der Waals surface area contributed by atoms with E-state index in [0.29, 0.717) is 24.8 Å². The molecule has 3 rings (SSSR count). The zero-order valence-corrected chi connectivity index (χ0v) is 11.1. The lowest BCUT2D eigenvalue weighted by atomic mass is 9.78. The number of hydrogen-bond donors (Lipinski definition) is 2. The molecular weight excluding hydrogens is 244 g/mol. The van der Waals surface area contributed by atoms with Gasteiger partial charge in [-0.05, 0) is 19.3 Å². The number of rotatable bonds is 0. The highest BCUT2D eigenvalue weighted by molar-refractivity contribution is 5.90. The van der Waals surface area contributed by atoms with Gasteiger partial charge in [0, 0.05) is 30.3 Å². The topological polar surface area (TPSA) is 66.8 Å². The van der Waals surface area contributed by atoms with Crippen molar-refractivity contribution >= 4 is 5.97 Å². The van der Waals surface area contributed by atoms with Gasteiger partial charge in [-0.2, -0.15) is 0 Å². The van der Waals surface area contributed by atoms with Crippen LogP contribution in [0, 0.1) is 17.8 Å². The fourth-order valence-corrected chi connectivity index (χ4v) is 4.13. The second-order valence-corrected chi connectivity index (χ2v) is 6.43. The molecule has 0 aromatic heterocycles. The third kappa shape index (κ3) is 1.77. The van der Waals surface area contributed by atoms with Crippen molar-refractivity contribution in [1.82, 2.24) is 0 Å². The summed E-state index contributed by atoms with van der Waals surface area (Å²) in [5, 5.41) is 20.7. The summed E-state index contributed by atoms with van der Waals surface area (Å²) >= 11 is 0. The number of ether oxygens (including phenoxy) is 1.